The summed E-state index contributed by atoms with van der Waals surface area (Å²) in [4.78, 5) is 25.0. The lowest BCUT2D eigenvalue weighted by atomic mass is 9.89. The predicted octanol–water partition coefficient (Wildman–Crippen LogP) is 1.84. The highest BCUT2D eigenvalue weighted by atomic mass is 16.5. The number of benzene rings is 1. The molecule has 0 aromatic heterocycles. The molecule has 2 N–H and O–H groups in total. The highest BCUT2D eigenvalue weighted by molar-refractivity contribution is 5.82. The van der Waals surface area contributed by atoms with Crippen LogP contribution in [0.5, 0.6) is 5.75 Å². The number of alkyl carbamates (subject to hydrolysis) is 1. The Morgan fingerprint density at radius 3 is 2.50 bits per heavy atom. The molecule has 0 radical (unpaired) electrons. The molecule has 1 aliphatic heterocycles. The van der Waals surface area contributed by atoms with E-state index in [2.05, 4.69) is 5.32 Å². The van der Waals surface area contributed by atoms with Crippen molar-refractivity contribution in [3.8, 4) is 5.75 Å². The van der Waals surface area contributed by atoms with Crippen LogP contribution in [0, 0.1) is 0 Å². The first kappa shape index (κ1) is 16.1. The van der Waals surface area contributed by atoms with Crippen molar-refractivity contribution >= 4 is 12.0 Å². The van der Waals surface area contributed by atoms with E-state index < -0.39 is 6.09 Å². The van der Waals surface area contributed by atoms with Crippen molar-refractivity contribution in [2.24, 2.45) is 0 Å². The van der Waals surface area contributed by atoms with Gasteiger partial charge in [-0.1, -0.05) is 12.1 Å². The summed E-state index contributed by atoms with van der Waals surface area (Å²) in [6.45, 7) is 3.33. The minimum Gasteiger partial charge on any atom is -0.508 e. The minimum atomic E-state index is -0.560. The van der Waals surface area contributed by atoms with Gasteiger partial charge in [-0.05, 0) is 43.4 Å². The summed E-state index contributed by atoms with van der Waals surface area (Å²) >= 11 is 0. The maximum absolute atomic E-state index is 12.0. The second kappa shape index (κ2) is 7.68. The Balaban J connectivity index is 1.78. The van der Waals surface area contributed by atoms with Gasteiger partial charge >= 0.3 is 6.09 Å². The average Bonchev–Trinajstić information content (AvgIpc) is 2.54. The molecule has 1 heterocycles. The number of phenols is 1. The molecular formula is C16H22N2O4. The van der Waals surface area contributed by atoms with Crippen LogP contribution in [0.4, 0.5) is 4.79 Å². The highest BCUT2D eigenvalue weighted by Gasteiger charge is 2.23. The molecule has 22 heavy (non-hydrogen) atoms. The Kier molecular flexibility index (Phi) is 5.63. The molecule has 1 aliphatic rings. The third-order valence-electron chi connectivity index (χ3n) is 3.87. The number of nitrogens with zero attached hydrogens (tertiary/aromatic N) is 1. The molecule has 6 nitrogen and oxygen atoms in total. The summed E-state index contributed by atoms with van der Waals surface area (Å²) in [6, 6.07) is 7.24. The molecule has 0 spiro atoms. The molecular weight excluding hydrogens is 284 g/mol. The second-order valence-electron chi connectivity index (χ2n) is 5.32. The van der Waals surface area contributed by atoms with Crippen LogP contribution >= 0.6 is 0 Å². The molecule has 1 fully saturated rings. The van der Waals surface area contributed by atoms with E-state index in [4.69, 9.17) is 4.74 Å². The van der Waals surface area contributed by atoms with Gasteiger partial charge in [0.05, 0.1) is 6.61 Å². The number of carbonyl (C=O) groups is 2. The molecule has 1 aromatic rings. The zero-order valence-corrected chi connectivity index (χ0v) is 12.7. The largest absolute Gasteiger partial charge is 0.508 e. The van der Waals surface area contributed by atoms with Gasteiger partial charge in [-0.25, -0.2) is 4.79 Å². The molecule has 1 saturated heterocycles. The number of piperidine rings is 1. The highest BCUT2D eigenvalue weighted by Crippen LogP contribution is 2.28. The first-order valence-electron chi connectivity index (χ1n) is 7.57. The molecule has 0 atom stereocenters. The number of rotatable bonds is 4. The molecule has 0 bridgehead atoms. The number of likely N-dealkylation sites (tertiary alicyclic amines) is 1. The Hall–Kier alpha value is -2.24. The van der Waals surface area contributed by atoms with E-state index in [0.717, 1.165) is 12.8 Å². The summed E-state index contributed by atoms with van der Waals surface area (Å²) in [5.41, 5.74) is 1.19. The maximum atomic E-state index is 12.0. The smallest absolute Gasteiger partial charge is 0.407 e. The quantitative estimate of drug-likeness (QED) is 0.889. The fourth-order valence-electron chi connectivity index (χ4n) is 2.65. The Morgan fingerprint density at radius 1 is 1.27 bits per heavy atom. The molecule has 1 aromatic carbocycles. The molecule has 6 heteroatoms. The van der Waals surface area contributed by atoms with Gasteiger partial charge in [0.1, 0.15) is 12.3 Å². The van der Waals surface area contributed by atoms with Crippen LogP contribution in [-0.4, -0.2) is 48.2 Å². The van der Waals surface area contributed by atoms with Gasteiger partial charge in [-0.3, -0.25) is 4.79 Å². The first-order valence-corrected chi connectivity index (χ1v) is 7.57. The van der Waals surface area contributed by atoms with Gasteiger partial charge in [-0.2, -0.15) is 0 Å². The number of aromatic hydroxyl groups is 1. The minimum absolute atomic E-state index is 0.0251. The Labute approximate surface area is 130 Å². The summed E-state index contributed by atoms with van der Waals surface area (Å²) in [7, 11) is 0. The van der Waals surface area contributed by atoms with Crippen molar-refractivity contribution in [3.05, 3.63) is 29.8 Å². The van der Waals surface area contributed by atoms with Crippen LogP contribution in [0.3, 0.4) is 0 Å². The molecule has 2 amide bonds. The number of amides is 2. The third kappa shape index (κ3) is 4.38. The van der Waals surface area contributed by atoms with Crippen LogP contribution in [0.25, 0.3) is 0 Å². The van der Waals surface area contributed by atoms with E-state index in [1.54, 1.807) is 24.0 Å². The zero-order valence-electron chi connectivity index (χ0n) is 12.7. The number of nitrogens with one attached hydrogen (secondary N) is 1. The van der Waals surface area contributed by atoms with Crippen LogP contribution in [-0.2, 0) is 9.53 Å². The standard InChI is InChI=1S/C16H22N2O4/c1-2-22-16(21)17-11-15(20)18-9-7-13(8-10-18)12-3-5-14(19)6-4-12/h3-6,13,19H,2,7-11H2,1H3,(H,17,21). The van der Waals surface area contributed by atoms with E-state index in [0.29, 0.717) is 19.0 Å². The lowest BCUT2D eigenvalue weighted by Gasteiger charge is -2.32. The summed E-state index contributed by atoms with van der Waals surface area (Å²) in [6.07, 6.45) is 1.21. The van der Waals surface area contributed by atoms with Crippen LogP contribution < -0.4 is 5.32 Å². The SMILES string of the molecule is CCOC(=O)NCC(=O)N1CCC(c2ccc(O)cc2)CC1. The van der Waals surface area contributed by atoms with E-state index >= 15 is 0 Å². The average molecular weight is 306 g/mol. The molecule has 0 unspecified atom stereocenters. The van der Waals surface area contributed by atoms with Gasteiger partial charge in [0.15, 0.2) is 0 Å². The topological polar surface area (TPSA) is 78.9 Å². The number of phenolic OH excluding ortho intramolecular Hbond substituents is 1. The van der Waals surface area contributed by atoms with E-state index in [1.165, 1.54) is 5.56 Å². The molecule has 0 saturated carbocycles. The van der Waals surface area contributed by atoms with Gasteiger partial charge < -0.3 is 20.1 Å². The lowest BCUT2D eigenvalue weighted by Crippen LogP contribution is -2.43. The number of ether oxygens (including phenoxy) is 1. The van der Waals surface area contributed by atoms with Crippen LogP contribution in [0.2, 0.25) is 0 Å². The van der Waals surface area contributed by atoms with E-state index in [-0.39, 0.29) is 24.8 Å². The summed E-state index contributed by atoms with van der Waals surface area (Å²) < 4.78 is 4.72. The molecule has 0 aliphatic carbocycles. The molecule has 2 rings (SSSR count). The Morgan fingerprint density at radius 2 is 1.91 bits per heavy atom. The summed E-state index contributed by atoms with van der Waals surface area (Å²) in [5, 5.41) is 11.8. The van der Waals surface area contributed by atoms with Crippen molar-refractivity contribution in [2.45, 2.75) is 25.7 Å². The van der Waals surface area contributed by atoms with Gasteiger partial charge in [0, 0.05) is 13.1 Å². The van der Waals surface area contributed by atoms with E-state index in [1.807, 2.05) is 12.1 Å². The van der Waals surface area contributed by atoms with Crippen molar-refractivity contribution in [1.29, 1.82) is 0 Å². The fourth-order valence-corrected chi connectivity index (χ4v) is 2.65. The van der Waals surface area contributed by atoms with Gasteiger partial charge in [0.2, 0.25) is 5.91 Å². The first-order chi connectivity index (χ1) is 10.6. The lowest BCUT2D eigenvalue weighted by molar-refractivity contribution is -0.131. The number of hydrogen-bond acceptors (Lipinski definition) is 4. The van der Waals surface area contributed by atoms with Crippen molar-refractivity contribution in [3.63, 3.8) is 0 Å². The second-order valence-corrected chi connectivity index (χ2v) is 5.32. The third-order valence-corrected chi connectivity index (χ3v) is 3.87. The van der Waals surface area contributed by atoms with Crippen molar-refractivity contribution < 1.29 is 19.4 Å². The molecule has 120 valence electrons. The van der Waals surface area contributed by atoms with Crippen molar-refractivity contribution in [1.82, 2.24) is 10.2 Å². The van der Waals surface area contributed by atoms with Gasteiger partial charge in [0.25, 0.3) is 0 Å². The Bertz CT molecular complexity index is 507. The summed E-state index contributed by atoms with van der Waals surface area (Å²) in [5.74, 6) is 0.585. The van der Waals surface area contributed by atoms with Crippen LogP contribution in [0.1, 0.15) is 31.2 Å². The fraction of sp³-hybridized carbons (Fsp3) is 0.500. The monoisotopic (exact) mass is 306 g/mol. The van der Waals surface area contributed by atoms with E-state index in [9.17, 15) is 14.7 Å². The van der Waals surface area contributed by atoms with Crippen LogP contribution in [0.15, 0.2) is 24.3 Å². The number of hydrogen-bond donors (Lipinski definition) is 2. The zero-order chi connectivity index (χ0) is 15.9. The van der Waals surface area contributed by atoms with Gasteiger partial charge in [-0.15, -0.1) is 0 Å². The predicted molar refractivity (Wildman–Crippen MR) is 81.7 cm³/mol. The number of carbonyl (C=O) groups excluding carboxylic acids is 2. The maximum Gasteiger partial charge on any atom is 0.407 e. The van der Waals surface area contributed by atoms with Crippen molar-refractivity contribution in [2.75, 3.05) is 26.2 Å². The normalized spacial score (nSPS) is 15.4.